The van der Waals surface area contributed by atoms with Gasteiger partial charge in [-0.2, -0.15) is 0 Å². The lowest BCUT2D eigenvalue weighted by atomic mass is 10.1. The van der Waals surface area contributed by atoms with E-state index in [0.717, 1.165) is 25.5 Å². The van der Waals surface area contributed by atoms with Gasteiger partial charge in [0.2, 0.25) is 0 Å². The van der Waals surface area contributed by atoms with Gasteiger partial charge in [-0.1, -0.05) is 6.07 Å². The highest BCUT2D eigenvalue weighted by Gasteiger charge is 2.14. The van der Waals surface area contributed by atoms with Crippen molar-refractivity contribution in [3.05, 3.63) is 29.6 Å². The summed E-state index contributed by atoms with van der Waals surface area (Å²) in [7, 11) is 0. The molecule has 0 saturated carbocycles. The van der Waals surface area contributed by atoms with Gasteiger partial charge >= 0.3 is 0 Å². The van der Waals surface area contributed by atoms with Gasteiger partial charge in [-0.15, -0.1) is 0 Å². The molecule has 1 saturated heterocycles. The van der Waals surface area contributed by atoms with Crippen molar-refractivity contribution in [1.29, 1.82) is 0 Å². The van der Waals surface area contributed by atoms with Crippen LogP contribution in [0.1, 0.15) is 17.3 Å². The molecule has 3 heteroatoms. The largest absolute Gasteiger partial charge is 0.378 e. The van der Waals surface area contributed by atoms with Crippen LogP contribution in [0.4, 0.5) is 0 Å². The normalized spacial score (nSPS) is 23.0. The summed E-state index contributed by atoms with van der Waals surface area (Å²) in [4.78, 5) is 4.26. The summed E-state index contributed by atoms with van der Waals surface area (Å²) in [5.41, 5.74) is 2.27. The Kier molecular flexibility index (Phi) is 2.57. The molecule has 2 rings (SSSR count). The molecular weight excluding hydrogens is 164 g/mol. The first kappa shape index (κ1) is 8.66. The van der Waals surface area contributed by atoms with Gasteiger partial charge < -0.3 is 10.1 Å². The number of hydrogen-bond acceptors (Lipinski definition) is 3. The van der Waals surface area contributed by atoms with Crippen LogP contribution in [0.15, 0.2) is 18.3 Å². The van der Waals surface area contributed by atoms with E-state index in [1.54, 1.807) is 0 Å². The fourth-order valence-corrected chi connectivity index (χ4v) is 1.46. The minimum atomic E-state index is 0.321. The summed E-state index contributed by atoms with van der Waals surface area (Å²) in [6, 6.07) is 4.46. The standard InChI is InChI=1S/C10H14N2O/c1-8-2-3-9(6-12-8)10-7-13-5-4-11-10/h2-3,6,10-11H,4-5,7H2,1H3/t10-/m0/s1. The molecule has 1 aromatic heterocycles. The molecule has 0 bridgehead atoms. The maximum Gasteiger partial charge on any atom is 0.0662 e. The Bertz CT molecular complexity index is 265. The first-order valence-electron chi connectivity index (χ1n) is 4.60. The van der Waals surface area contributed by atoms with E-state index in [-0.39, 0.29) is 0 Å². The molecule has 1 N–H and O–H groups in total. The van der Waals surface area contributed by atoms with Crippen molar-refractivity contribution >= 4 is 0 Å². The van der Waals surface area contributed by atoms with Crippen molar-refractivity contribution in [1.82, 2.24) is 10.3 Å². The van der Waals surface area contributed by atoms with Crippen LogP contribution in [0, 0.1) is 6.92 Å². The van der Waals surface area contributed by atoms with E-state index in [1.807, 2.05) is 19.2 Å². The number of ether oxygens (including phenoxy) is 1. The molecule has 1 atom stereocenters. The maximum absolute atomic E-state index is 5.38. The van der Waals surface area contributed by atoms with Gasteiger partial charge in [0.1, 0.15) is 0 Å². The van der Waals surface area contributed by atoms with Gasteiger partial charge in [0, 0.05) is 18.4 Å². The van der Waals surface area contributed by atoms with Crippen molar-refractivity contribution in [2.75, 3.05) is 19.8 Å². The topological polar surface area (TPSA) is 34.1 Å². The second kappa shape index (κ2) is 3.85. The Hall–Kier alpha value is -0.930. The number of hydrogen-bond donors (Lipinski definition) is 1. The van der Waals surface area contributed by atoms with Crippen molar-refractivity contribution < 1.29 is 4.74 Å². The molecule has 0 aliphatic carbocycles. The number of rotatable bonds is 1. The Labute approximate surface area is 78.1 Å². The van der Waals surface area contributed by atoms with Crippen LogP contribution < -0.4 is 5.32 Å². The fraction of sp³-hybridized carbons (Fsp3) is 0.500. The lowest BCUT2D eigenvalue weighted by molar-refractivity contribution is 0.0768. The minimum absolute atomic E-state index is 0.321. The number of aryl methyl sites for hydroxylation is 1. The average Bonchev–Trinajstić information content (AvgIpc) is 2.20. The van der Waals surface area contributed by atoms with E-state index in [2.05, 4.69) is 16.4 Å². The second-order valence-electron chi connectivity index (χ2n) is 3.31. The van der Waals surface area contributed by atoms with E-state index in [1.165, 1.54) is 5.56 Å². The predicted molar refractivity (Wildman–Crippen MR) is 50.5 cm³/mol. The molecule has 70 valence electrons. The van der Waals surface area contributed by atoms with Crippen LogP contribution in [0.5, 0.6) is 0 Å². The highest BCUT2D eigenvalue weighted by Crippen LogP contribution is 2.14. The number of nitrogens with one attached hydrogen (secondary N) is 1. The lowest BCUT2D eigenvalue weighted by Gasteiger charge is -2.23. The highest BCUT2D eigenvalue weighted by atomic mass is 16.5. The summed E-state index contributed by atoms with van der Waals surface area (Å²) in [5.74, 6) is 0. The maximum atomic E-state index is 5.38. The zero-order valence-electron chi connectivity index (χ0n) is 7.79. The molecule has 0 unspecified atom stereocenters. The van der Waals surface area contributed by atoms with Gasteiger partial charge in [0.15, 0.2) is 0 Å². The molecule has 0 aromatic carbocycles. The van der Waals surface area contributed by atoms with Crippen molar-refractivity contribution in [3.63, 3.8) is 0 Å². The fourth-order valence-electron chi connectivity index (χ4n) is 1.46. The summed E-state index contributed by atoms with van der Waals surface area (Å²) < 4.78 is 5.38. The predicted octanol–water partition coefficient (Wildman–Crippen LogP) is 1.05. The molecule has 1 aliphatic heterocycles. The zero-order chi connectivity index (χ0) is 9.10. The molecule has 0 spiro atoms. The van der Waals surface area contributed by atoms with Crippen LogP contribution in [0.25, 0.3) is 0 Å². The molecule has 1 aliphatic rings. The molecule has 2 heterocycles. The SMILES string of the molecule is Cc1ccc([C@@H]2COCCN2)cn1. The molecule has 0 radical (unpaired) electrons. The number of morpholine rings is 1. The van der Waals surface area contributed by atoms with E-state index in [4.69, 9.17) is 4.74 Å². The van der Waals surface area contributed by atoms with E-state index in [0.29, 0.717) is 6.04 Å². The number of pyridine rings is 1. The smallest absolute Gasteiger partial charge is 0.0662 e. The van der Waals surface area contributed by atoms with Crippen LogP contribution in [-0.4, -0.2) is 24.7 Å². The molecular formula is C10H14N2O. The minimum Gasteiger partial charge on any atom is -0.378 e. The number of nitrogens with zero attached hydrogens (tertiary/aromatic N) is 1. The average molecular weight is 178 g/mol. The van der Waals surface area contributed by atoms with Crippen molar-refractivity contribution in [2.45, 2.75) is 13.0 Å². The quantitative estimate of drug-likeness (QED) is 0.698. The van der Waals surface area contributed by atoms with E-state index < -0.39 is 0 Å². The highest BCUT2D eigenvalue weighted by molar-refractivity contribution is 5.17. The number of aromatic nitrogens is 1. The summed E-state index contributed by atoms with van der Waals surface area (Å²) in [6.45, 7) is 4.49. The summed E-state index contributed by atoms with van der Waals surface area (Å²) in [5, 5.41) is 3.39. The van der Waals surface area contributed by atoms with Crippen LogP contribution in [0.3, 0.4) is 0 Å². The third-order valence-corrected chi connectivity index (χ3v) is 2.26. The van der Waals surface area contributed by atoms with Crippen LogP contribution in [-0.2, 0) is 4.74 Å². The van der Waals surface area contributed by atoms with Gasteiger partial charge in [-0.3, -0.25) is 4.98 Å². The monoisotopic (exact) mass is 178 g/mol. The van der Waals surface area contributed by atoms with Gasteiger partial charge in [0.25, 0.3) is 0 Å². The van der Waals surface area contributed by atoms with E-state index in [9.17, 15) is 0 Å². The first-order valence-corrected chi connectivity index (χ1v) is 4.60. The Morgan fingerprint density at radius 1 is 1.54 bits per heavy atom. The third-order valence-electron chi connectivity index (χ3n) is 2.26. The van der Waals surface area contributed by atoms with Crippen LogP contribution in [0.2, 0.25) is 0 Å². The Balaban J connectivity index is 2.10. The molecule has 0 amide bonds. The molecule has 1 fully saturated rings. The van der Waals surface area contributed by atoms with Crippen molar-refractivity contribution in [3.8, 4) is 0 Å². The lowest BCUT2D eigenvalue weighted by Crippen LogP contribution is -2.34. The molecule has 3 nitrogen and oxygen atoms in total. The zero-order valence-corrected chi connectivity index (χ0v) is 7.79. The van der Waals surface area contributed by atoms with Gasteiger partial charge in [0.05, 0.1) is 19.3 Å². The Morgan fingerprint density at radius 3 is 3.08 bits per heavy atom. The van der Waals surface area contributed by atoms with Gasteiger partial charge in [-0.05, 0) is 18.6 Å². The first-order chi connectivity index (χ1) is 6.36. The molecule has 1 aromatic rings. The van der Waals surface area contributed by atoms with E-state index >= 15 is 0 Å². The van der Waals surface area contributed by atoms with Crippen LogP contribution >= 0.6 is 0 Å². The Morgan fingerprint density at radius 2 is 2.46 bits per heavy atom. The van der Waals surface area contributed by atoms with Gasteiger partial charge in [-0.25, -0.2) is 0 Å². The van der Waals surface area contributed by atoms with Crippen molar-refractivity contribution in [2.24, 2.45) is 0 Å². The second-order valence-corrected chi connectivity index (χ2v) is 3.31. The summed E-state index contributed by atoms with van der Waals surface area (Å²) in [6.07, 6.45) is 1.92. The third kappa shape index (κ3) is 2.05. The summed E-state index contributed by atoms with van der Waals surface area (Å²) >= 11 is 0. The molecule has 13 heavy (non-hydrogen) atoms.